The molecule has 0 radical (unpaired) electrons. The van der Waals surface area contributed by atoms with Crippen LogP contribution in [0.15, 0.2) is 6.07 Å². The van der Waals surface area contributed by atoms with E-state index < -0.39 is 11.1 Å². The first-order chi connectivity index (χ1) is 9.61. The Morgan fingerprint density at radius 1 is 1.29 bits per heavy atom. The molecule has 6 nitrogen and oxygen atoms in total. The summed E-state index contributed by atoms with van der Waals surface area (Å²) >= 11 is 0. The molecule has 1 aliphatic heterocycles. The standard InChI is InChI=1S/C15H24N4O2/c1-7-15(5)13(21)19(14(3,4)12(20)16-15)9-11-8-10(2)17-18(11)6/h8H,7,9H2,1-6H3,(H,16,20). The smallest absolute Gasteiger partial charge is 0.249 e. The van der Waals surface area contributed by atoms with Gasteiger partial charge in [0.25, 0.3) is 0 Å². The quantitative estimate of drug-likeness (QED) is 0.908. The third-order valence-corrected chi connectivity index (χ3v) is 4.46. The molecule has 6 heteroatoms. The van der Waals surface area contributed by atoms with Crippen LogP contribution in [0.2, 0.25) is 0 Å². The number of hydrogen-bond acceptors (Lipinski definition) is 3. The zero-order chi connectivity index (χ0) is 16.0. The summed E-state index contributed by atoms with van der Waals surface area (Å²) < 4.78 is 1.76. The fourth-order valence-corrected chi connectivity index (χ4v) is 2.61. The maximum atomic E-state index is 12.8. The van der Waals surface area contributed by atoms with Crippen molar-refractivity contribution in [2.45, 2.75) is 58.7 Å². The van der Waals surface area contributed by atoms with Crippen molar-refractivity contribution in [1.29, 1.82) is 0 Å². The zero-order valence-corrected chi connectivity index (χ0v) is 13.6. The van der Waals surface area contributed by atoms with Crippen LogP contribution in [0.1, 0.15) is 45.5 Å². The lowest BCUT2D eigenvalue weighted by Gasteiger charge is -2.48. The topological polar surface area (TPSA) is 67.2 Å². The van der Waals surface area contributed by atoms with Crippen molar-refractivity contribution in [3.8, 4) is 0 Å². The molecule has 1 N–H and O–H groups in total. The van der Waals surface area contributed by atoms with Crippen molar-refractivity contribution < 1.29 is 9.59 Å². The van der Waals surface area contributed by atoms with Crippen LogP contribution in [-0.4, -0.2) is 37.6 Å². The first kappa shape index (κ1) is 15.5. The van der Waals surface area contributed by atoms with E-state index in [1.807, 2.05) is 27.0 Å². The molecule has 0 saturated carbocycles. The van der Waals surface area contributed by atoms with Crippen molar-refractivity contribution in [2.24, 2.45) is 7.05 Å². The average molecular weight is 292 g/mol. The molecule has 1 atom stereocenters. The Balaban J connectivity index is 2.39. The Bertz CT molecular complexity index is 590. The van der Waals surface area contributed by atoms with E-state index >= 15 is 0 Å². The first-order valence-corrected chi connectivity index (χ1v) is 7.26. The summed E-state index contributed by atoms with van der Waals surface area (Å²) in [5.41, 5.74) is 0.115. The highest BCUT2D eigenvalue weighted by Gasteiger charge is 2.51. The van der Waals surface area contributed by atoms with Crippen molar-refractivity contribution in [1.82, 2.24) is 20.0 Å². The summed E-state index contributed by atoms with van der Waals surface area (Å²) in [6.45, 7) is 9.53. The molecule has 0 aliphatic carbocycles. The summed E-state index contributed by atoms with van der Waals surface area (Å²) in [4.78, 5) is 26.9. The molecule has 1 fully saturated rings. The van der Waals surface area contributed by atoms with Gasteiger partial charge in [0.2, 0.25) is 11.8 Å². The highest BCUT2D eigenvalue weighted by Crippen LogP contribution is 2.29. The second-order valence-electron chi connectivity index (χ2n) is 6.49. The number of nitrogens with one attached hydrogen (secondary N) is 1. The molecular weight excluding hydrogens is 268 g/mol. The number of aromatic nitrogens is 2. The van der Waals surface area contributed by atoms with Crippen LogP contribution in [-0.2, 0) is 23.2 Å². The molecule has 2 heterocycles. The molecule has 116 valence electrons. The molecule has 21 heavy (non-hydrogen) atoms. The fourth-order valence-electron chi connectivity index (χ4n) is 2.61. The Labute approximate surface area is 125 Å². The van der Waals surface area contributed by atoms with Crippen molar-refractivity contribution >= 4 is 11.8 Å². The summed E-state index contributed by atoms with van der Waals surface area (Å²) in [6, 6.07) is 1.94. The van der Waals surface area contributed by atoms with Crippen molar-refractivity contribution in [2.75, 3.05) is 0 Å². The van der Waals surface area contributed by atoms with Gasteiger partial charge in [-0.3, -0.25) is 14.3 Å². The summed E-state index contributed by atoms with van der Waals surface area (Å²) in [6.07, 6.45) is 0.564. The van der Waals surface area contributed by atoms with E-state index in [1.54, 1.807) is 30.4 Å². The van der Waals surface area contributed by atoms with Gasteiger partial charge in [-0.25, -0.2) is 0 Å². The van der Waals surface area contributed by atoms with Gasteiger partial charge in [0.1, 0.15) is 11.1 Å². The van der Waals surface area contributed by atoms with E-state index in [2.05, 4.69) is 10.4 Å². The number of carbonyl (C=O) groups excluding carboxylic acids is 2. The molecule has 1 aromatic heterocycles. The molecule has 0 spiro atoms. The molecule has 2 rings (SSSR count). The zero-order valence-electron chi connectivity index (χ0n) is 13.6. The molecule has 1 aliphatic rings. The lowest BCUT2D eigenvalue weighted by molar-refractivity contribution is -0.161. The third-order valence-electron chi connectivity index (χ3n) is 4.46. The summed E-state index contributed by atoms with van der Waals surface area (Å²) in [5.74, 6) is -0.168. The van der Waals surface area contributed by atoms with Crippen LogP contribution < -0.4 is 5.32 Å². The second kappa shape index (κ2) is 4.86. The molecule has 1 unspecified atom stereocenters. The number of nitrogens with zero attached hydrogens (tertiary/aromatic N) is 3. The number of amides is 2. The number of carbonyl (C=O) groups is 2. The summed E-state index contributed by atoms with van der Waals surface area (Å²) in [7, 11) is 1.85. The SMILES string of the molecule is CCC1(C)NC(=O)C(C)(C)N(Cc2cc(C)nn2C)C1=O. The maximum Gasteiger partial charge on any atom is 0.249 e. The predicted molar refractivity (Wildman–Crippen MR) is 79.4 cm³/mol. The molecular formula is C15H24N4O2. The van der Waals surface area contributed by atoms with Crippen LogP contribution in [0.25, 0.3) is 0 Å². The maximum absolute atomic E-state index is 12.8. The van der Waals surface area contributed by atoms with Gasteiger partial charge in [0.15, 0.2) is 0 Å². The largest absolute Gasteiger partial charge is 0.340 e. The molecule has 2 amide bonds. The lowest BCUT2D eigenvalue weighted by Crippen LogP contribution is -2.72. The van der Waals surface area contributed by atoms with E-state index in [9.17, 15) is 9.59 Å². The van der Waals surface area contributed by atoms with Gasteiger partial charge in [-0.2, -0.15) is 5.10 Å². The predicted octanol–water partition coefficient (Wildman–Crippen LogP) is 1.13. The van der Waals surface area contributed by atoms with Gasteiger partial charge in [0.05, 0.1) is 17.9 Å². The Kier molecular flexibility index (Phi) is 3.59. The van der Waals surface area contributed by atoms with E-state index in [4.69, 9.17) is 0 Å². The third kappa shape index (κ3) is 2.43. The van der Waals surface area contributed by atoms with E-state index in [0.29, 0.717) is 13.0 Å². The van der Waals surface area contributed by atoms with Gasteiger partial charge >= 0.3 is 0 Å². The minimum atomic E-state index is -0.871. The minimum absolute atomic E-state index is 0.0477. The number of aryl methyl sites for hydroxylation is 2. The monoisotopic (exact) mass is 292 g/mol. The van der Waals surface area contributed by atoms with Crippen LogP contribution >= 0.6 is 0 Å². The van der Waals surface area contributed by atoms with Gasteiger partial charge in [0, 0.05) is 7.05 Å². The molecule has 0 aromatic carbocycles. The van der Waals surface area contributed by atoms with E-state index in [0.717, 1.165) is 11.4 Å². The molecule has 0 bridgehead atoms. The van der Waals surface area contributed by atoms with E-state index in [-0.39, 0.29) is 11.8 Å². The van der Waals surface area contributed by atoms with Gasteiger partial charge in [-0.1, -0.05) is 6.92 Å². The Morgan fingerprint density at radius 3 is 2.38 bits per heavy atom. The highest BCUT2D eigenvalue weighted by molar-refractivity contribution is 6.01. The minimum Gasteiger partial charge on any atom is -0.340 e. The van der Waals surface area contributed by atoms with Gasteiger partial charge in [-0.05, 0) is 40.2 Å². The highest BCUT2D eigenvalue weighted by atomic mass is 16.2. The number of rotatable bonds is 3. The molecule has 1 aromatic rings. The van der Waals surface area contributed by atoms with Crippen molar-refractivity contribution in [3.05, 3.63) is 17.5 Å². The average Bonchev–Trinajstić information content (AvgIpc) is 2.71. The van der Waals surface area contributed by atoms with Crippen LogP contribution in [0.4, 0.5) is 0 Å². The lowest BCUT2D eigenvalue weighted by atomic mass is 9.86. The van der Waals surface area contributed by atoms with Crippen LogP contribution in [0.3, 0.4) is 0 Å². The first-order valence-electron chi connectivity index (χ1n) is 7.26. The van der Waals surface area contributed by atoms with Gasteiger partial charge in [-0.15, -0.1) is 0 Å². The normalized spacial score (nSPS) is 25.1. The summed E-state index contributed by atoms with van der Waals surface area (Å²) in [5, 5.41) is 7.17. The fraction of sp³-hybridized carbons (Fsp3) is 0.667. The van der Waals surface area contributed by atoms with Crippen molar-refractivity contribution in [3.63, 3.8) is 0 Å². The molecule has 1 saturated heterocycles. The van der Waals surface area contributed by atoms with Crippen LogP contribution in [0, 0.1) is 6.92 Å². The second-order valence-corrected chi connectivity index (χ2v) is 6.49. The Morgan fingerprint density at radius 2 is 1.90 bits per heavy atom. The van der Waals surface area contributed by atoms with E-state index in [1.165, 1.54) is 0 Å². The number of piperazine rings is 1. The van der Waals surface area contributed by atoms with Crippen LogP contribution in [0.5, 0.6) is 0 Å². The Hall–Kier alpha value is -1.85. The number of hydrogen-bond donors (Lipinski definition) is 1. The van der Waals surface area contributed by atoms with Gasteiger partial charge < -0.3 is 10.2 Å².